The Bertz CT molecular complexity index is 1510. The van der Waals surface area contributed by atoms with Crippen molar-refractivity contribution in [2.75, 3.05) is 5.32 Å². The average molecular weight is 538 g/mol. The molecule has 7 heteroatoms. The van der Waals surface area contributed by atoms with E-state index in [1.54, 1.807) is 0 Å². The Morgan fingerprint density at radius 3 is 2.20 bits per heavy atom. The van der Waals surface area contributed by atoms with Crippen LogP contribution in [-0.4, -0.2) is 28.2 Å². The first-order valence-corrected chi connectivity index (χ1v) is 13.5. The molecule has 0 aliphatic rings. The Hall–Kier alpha value is -4.52. The fraction of sp³-hybridized carbons (Fsp3) is 0.273. The van der Waals surface area contributed by atoms with Gasteiger partial charge in [0.1, 0.15) is 5.60 Å². The molecule has 206 valence electrons. The van der Waals surface area contributed by atoms with Gasteiger partial charge < -0.3 is 15.8 Å². The molecule has 40 heavy (non-hydrogen) atoms. The van der Waals surface area contributed by atoms with E-state index < -0.39 is 11.5 Å². The van der Waals surface area contributed by atoms with Crippen molar-refractivity contribution < 1.29 is 19.1 Å². The molecule has 0 fully saturated rings. The summed E-state index contributed by atoms with van der Waals surface area (Å²) in [4.78, 5) is 41.1. The van der Waals surface area contributed by atoms with E-state index in [-0.39, 0.29) is 11.8 Å². The topological polar surface area (TPSA) is 111 Å². The molecule has 4 aromatic rings. The molecule has 1 amide bonds. The summed E-state index contributed by atoms with van der Waals surface area (Å²) in [5.41, 5.74) is 10.2. The van der Waals surface area contributed by atoms with Crippen molar-refractivity contribution in [2.45, 2.75) is 58.5 Å². The predicted molar refractivity (Wildman–Crippen MR) is 159 cm³/mol. The number of benzene rings is 3. The summed E-state index contributed by atoms with van der Waals surface area (Å²) >= 11 is 0. The smallest absolute Gasteiger partial charge is 0.306 e. The Labute approximate surface area is 234 Å². The molecule has 0 bridgehead atoms. The molecule has 0 saturated carbocycles. The number of ketones is 1. The zero-order valence-corrected chi connectivity index (χ0v) is 23.2. The van der Waals surface area contributed by atoms with Crippen molar-refractivity contribution in [3.63, 3.8) is 0 Å². The monoisotopic (exact) mass is 537 g/mol. The fourth-order valence-corrected chi connectivity index (χ4v) is 4.48. The summed E-state index contributed by atoms with van der Waals surface area (Å²) in [7, 11) is 0. The zero-order valence-electron chi connectivity index (χ0n) is 23.2. The van der Waals surface area contributed by atoms with Crippen LogP contribution < -0.4 is 11.1 Å². The van der Waals surface area contributed by atoms with Gasteiger partial charge in [-0.05, 0) is 62.9 Å². The first-order chi connectivity index (χ1) is 19.1. The van der Waals surface area contributed by atoms with Gasteiger partial charge in [0.15, 0.2) is 5.78 Å². The SMILES string of the molecule is CC(C)(C)OC(=O)CCCCCC(=O)c1ccc(-c2ccc3c(Nc4ccccc4)c(C(N)=O)cnc3c2)cc1. The highest BCUT2D eigenvalue weighted by molar-refractivity contribution is 6.08. The third-order valence-corrected chi connectivity index (χ3v) is 6.42. The molecule has 3 N–H and O–H groups in total. The number of carbonyl (C=O) groups excluding carboxylic acids is 3. The molecule has 3 aromatic carbocycles. The van der Waals surface area contributed by atoms with Gasteiger partial charge in [-0.1, -0.05) is 61.0 Å². The molecule has 0 atom stereocenters. The van der Waals surface area contributed by atoms with Crippen LogP contribution in [0.15, 0.2) is 79.0 Å². The van der Waals surface area contributed by atoms with Crippen LogP contribution in [-0.2, 0) is 9.53 Å². The minimum absolute atomic E-state index is 0.0830. The van der Waals surface area contributed by atoms with Crippen LogP contribution in [0.1, 0.15) is 73.6 Å². The molecule has 0 unspecified atom stereocenters. The van der Waals surface area contributed by atoms with Crippen molar-refractivity contribution in [1.82, 2.24) is 4.98 Å². The van der Waals surface area contributed by atoms with E-state index in [2.05, 4.69) is 10.3 Å². The number of nitrogens with two attached hydrogens (primary N) is 1. The number of Topliss-reactive ketones (excluding diaryl/α,β-unsaturated/α-hetero) is 1. The number of anilines is 2. The molecule has 7 nitrogen and oxygen atoms in total. The van der Waals surface area contributed by atoms with E-state index in [1.165, 1.54) is 6.20 Å². The molecule has 1 heterocycles. The minimum Gasteiger partial charge on any atom is -0.460 e. The van der Waals surface area contributed by atoms with Gasteiger partial charge >= 0.3 is 5.97 Å². The van der Waals surface area contributed by atoms with Crippen LogP contribution in [0.4, 0.5) is 11.4 Å². The summed E-state index contributed by atoms with van der Waals surface area (Å²) < 4.78 is 5.32. The first-order valence-electron chi connectivity index (χ1n) is 13.5. The largest absolute Gasteiger partial charge is 0.460 e. The number of ether oxygens (including phenoxy) is 1. The number of nitrogens with zero attached hydrogens (tertiary/aromatic N) is 1. The highest BCUT2D eigenvalue weighted by Gasteiger charge is 2.16. The number of amides is 1. The Morgan fingerprint density at radius 1 is 0.850 bits per heavy atom. The molecule has 1 aromatic heterocycles. The van der Waals surface area contributed by atoms with Gasteiger partial charge in [-0.25, -0.2) is 0 Å². The van der Waals surface area contributed by atoms with Crippen molar-refractivity contribution in [3.05, 3.63) is 90.1 Å². The predicted octanol–water partition coefficient (Wildman–Crippen LogP) is 7.22. The normalized spacial score (nSPS) is 11.3. The first kappa shape index (κ1) is 28.5. The Balaban J connectivity index is 1.41. The summed E-state index contributed by atoms with van der Waals surface area (Å²) in [6.45, 7) is 5.56. The minimum atomic E-state index is -0.555. The molecular formula is C33H35N3O4. The van der Waals surface area contributed by atoms with E-state index >= 15 is 0 Å². The summed E-state index contributed by atoms with van der Waals surface area (Å²) in [5, 5.41) is 4.09. The second-order valence-corrected chi connectivity index (χ2v) is 10.8. The number of pyridine rings is 1. The third-order valence-electron chi connectivity index (χ3n) is 6.42. The lowest BCUT2D eigenvalue weighted by Gasteiger charge is -2.19. The van der Waals surface area contributed by atoms with Crippen LogP contribution in [0, 0.1) is 0 Å². The lowest BCUT2D eigenvalue weighted by atomic mass is 9.98. The molecule has 0 saturated heterocycles. The highest BCUT2D eigenvalue weighted by Crippen LogP contribution is 2.32. The second kappa shape index (κ2) is 12.6. The third kappa shape index (κ3) is 7.53. The van der Waals surface area contributed by atoms with Crippen LogP contribution >= 0.6 is 0 Å². The highest BCUT2D eigenvalue weighted by atomic mass is 16.6. The summed E-state index contributed by atoms with van der Waals surface area (Å²) in [6.07, 6.45) is 4.54. The number of aromatic nitrogens is 1. The maximum absolute atomic E-state index is 12.7. The van der Waals surface area contributed by atoms with Gasteiger partial charge in [0.2, 0.25) is 0 Å². The lowest BCUT2D eigenvalue weighted by molar-refractivity contribution is -0.154. The van der Waals surface area contributed by atoms with Gasteiger partial charge in [0.25, 0.3) is 5.91 Å². The van der Waals surface area contributed by atoms with E-state index in [0.717, 1.165) is 35.0 Å². The van der Waals surface area contributed by atoms with E-state index in [9.17, 15) is 14.4 Å². The van der Waals surface area contributed by atoms with Crippen molar-refractivity contribution in [3.8, 4) is 11.1 Å². The van der Waals surface area contributed by atoms with Crippen molar-refractivity contribution in [1.29, 1.82) is 0 Å². The maximum Gasteiger partial charge on any atom is 0.306 e. The molecule has 0 aliphatic heterocycles. The maximum atomic E-state index is 12.7. The molecular weight excluding hydrogens is 502 g/mol. The van der Waals surface area contributed by atoms with Crippen LogP contribution in [0.2, 0.25) is 0 Å². The van der Waals surface area contributed by atoms with Crippen LogP contribution in [0.5, 0.6) is 0 Å². The number of esters is 1. The van der Waals surface area contributed by atoms with Crippen molar-refractivity contribution in [2.24, 2.45) is 5.73 Å². The number of para-hydroxylation sites is 1. The number of hydrogen-bond acceptors (Lipinski definition) is 6. The Morgan fingerprint density at radius 2 is 1.52 bits per heavy atom. The molecule has 0 aliphatic carbocycles. The summed E-state index contributed by atoms with van der Waals surface area (Å²) in [6, 6.07) is 23.0. The number of unbranched alkanes of at least 4 members (excludes halogenated alkanes) is 2. The molecule has 0 spiro atoms. The number of carbonyl (C=O) groups is 3. The van der Waals surface area contributed by atoms with Gasteiger partial charge in [-0.15, -0.1) is 0 Å². The lowest BCUT2D eigenvalue weighted by Crippen LogP contribution is -2.23. The molecule has 0 radical (unpaired) electrons. The van der Waals surface area contributed by atoms with Gasteiger partial charge in [-0.2, -0.15) is 0 Å². The molecule has 4 rings (SSSR count). The quantitative estimate of drug-likeness (QED) is 0.119. The second-order valence-electron chi connectivity index (χ2n) is 10.8. The number of nitrogens with one attached hydrogen (secondary N) is 1. The van der Waals surface area contributed by atoms with Gasteiger partial charge in [-0.3, -0.25) is 19.4 Å². The number of primary amides is 1. The van der Waals surface area contributed by atoms with Crippen LogP contribution in [0.25, 0.3) is 22.0 Å². The number of fused-ring (bicyclic) bond motifs is 1. The fourth-order valence-electron chi connectivity index (χ4n) is 4.48. The van der Waals surface area contributed by atoms with E-state index in [0.29, 0.717) is 41.6 Å². The van der Waals surface area contributed by atoms with E-state index in [1.807, 2.05) is 93.6 Å². The van der Waals surface area contributed by atoms with Gasteiger partial charge in [0.05, 0.1) is 16.8 Å². The number of rotatable bonds is 11. The van der Waals surface area contributed by atoms with E-state index in [4.69, 9.17) is 10.5 Å². The average Bonchev–Trinajstić information content (AvgIpc) is 2.92. The van der Waals surface area contributed by atoms with Crippen molar-refractivity contribution >= 4 is 39.9 Å². The summed E-state index contributed by atoms with van der Waals surface area (Å²) in [5.74, 6) is -0.671. The zero-order chi connectivity index (χ0) is 28.7. The van der Waals surface area contributed by atoms with Gasteiger partial charge in [0, 0.05) is 35.7 Å². The standard InChI is InChI=1S/C33H35N3O4/c1-33(2,3)40-30(38)13-9-5-8-12-29(37)23-16-14-22(15-17-23)24-18-19-26-28(20-24)35-21-27(32(34)39)31(26)36-25-10-6-4-7-11-25/h4,6-7,10-11,14-21H,5,8-9,12-13H2,1-3H3,(H2,34,39)(H,35,36). The number of hydrogen-bond donors (Lipinski definition) is 2. The van der Waals surface area contributed by atoms with Crippen LogP contribution in [0.3, 0.4) is 0 Å². The Kier molecular flexibility index (Phi) is 8.94.